The van der Waals surface area contributed by atoms with Crippen LogP contribution in [0.1, 0.15) is 12.1 Å². The molecule has 2 rings (SSSR count). The fourth-order valence-corrected chi connectivity index (χ4v) is 2.60. The van der Waals surface area contributed by atoms with Crippen LogP contribution in [0.4, 0.5) is 5.82 Å². The van der Waals surface area contributed by atoms with Crippen LogP contribution in [0.15, 0.2) is 11.6 Å². The number of anilines is 1. The summed E-state index contributed by atoms with van der Waals surface area (Å²) in [5.41, 5.74) is 1.17. The topological polar surface area (TPSA) is 52.8 Å². The number of hydrogen-bond acceptors (Lipinski definition) is 5. The van der Waals surface area contributed by atoms with Crippen LogP contribution in [0.3, 0.4) is 0 Å². The second-order valence-corrected chi connectivity index (χ2v) is 4.84. The summed E-state index contributed by atoms with van der Waals surface area (Å²) >= 11 is 1.64. The Kier molecular flexibility index (Phi) is 3.98. The van der Waals surface area contributed by atoms with Crippen LogP contribution < -0.4 is 10.2 Å². The predicted molar refractivity (Wildman–Crippen MR) is 70.8 cm³/mol. The lowest BCUT2D eigenvalue weighted by Gasteiger charge is -2.17. The Morgan fingerprint density at radius 2 is 2.41 bits per heavy atom. The smallest absolute Gasteiger partial charge is 0.195 e. The van der Waals surface area contributed by atoms with E-state index in [0.717, 1.165) is 30.3 Å². The molecular formula is C11H18N4OS. The highest BCUT2D eigenvalue weighted by atomic mass is 32.1. The first-order valence-electron chi connectivity index (χ1n) is 5.69. The van der Waals surface area contributed by atoms with Crippen LogP contribution in [0.2, 0.25) is 0 Å². The molecule has 2 aromatic heterocycles. The Labute approximate surface area is 105 Å². The van der Waals surface area contributed by atoms with E-state index >= 15 is 0 Å². The molecular weight excluding hydrogens is 236 g/mol. The van der Waals surface area contributed by atoms with E-state index in [2.05, 4.69) is 19.6 Å². The molecule has 94 valence electrons. The highest BCUT2D eigenvalue weighted by molar-refractivity contribution is 7.15. The average Bonchev–Trinajstić information content (AvgIpc) is 2.89. The maximum Gasteiger partial charge on any atom is 0.195 e. The minimum absolute atomic E-state index is 0.216. The van der Waals surface area contributed by atoms with Gasteiger partial charge in [0.05, 0.1) is 5.69 Å². The molecule has 0 aromatic carbocycles. The number of thiazole rings is 1. The van der Waals surface area contributed by atoms with Crippen LogP contribution in [-0.4, -0.2) is 41.7 Å². The van der Waals surface area contributed by atoms with Gasteiger partial charge in [0.2, 0.25) is 0 Å². The zero-order valence-electron chi connectivity index (χ0n) is 10.2. The van der Waals surface area contributed by atoms with Crippen LogP contribution in [0, 0.1) is 0 Å². The summed E-state index contributed by atoms with van der Waals surface area (Å²) in [4.78, 5) is 7.74. The van der Waals surface area contributed by atoms with Gasteiger partial charge in [0.15, 0.2) is 10.8 Å². The fourth-order valence-electron chi connectivity index (χ4n) is 1.87. The maximum atomic E-state index is 8.87. The van der Waals surface area contributed by atoms with Gasteiger partial charge in [0.25, 0.3) is 0 Å². The Morgan fingerprint density at radius 1 is 1.59 bits per heavy atom. The molecule has 0 unspecified atom stereocenters. The molecule has 17 heavy (non-hydrogen) atoms. The quantitative estimate of drug-likeness (QED) is 0.805. The number of fused-ring (bicyclic) bond motifs is 1. The second-order valence-electron chi connectivity index (χ2n) is 3.97. The first-order valence-corrected chi connectivity index (χ1v) is 6.57. The third-order valence-electron chi connectivity index (χ3n) is 2.70. The minimum atomic E-state index is 0.216. The van der Waals surface area contributed by atoms with Crippen molar-refractivity contribution in [2.45, 2.75) is 13.0 Å². The van der Waals surface area contributed by atoms with Crippen molar-refractivity contribution in [3.63, 3.8) is 0 Å². The van der Waals surface area contributed by atoms with Gasteiger partial charge in [-0.3, -0.25) is 4.40 Å². The van der Waals surface area contributed by atoms with E-state index in [1.165, 1.54) is 5.69 Å². The van der Waals surface area contributed by atoms with Gasteiger partial charge in [-0.25, -0.2) is 4.98 Å². The van der Waals surface area contributed by atoms with Crippen molar-refractivity contribution in [2.24, 2.45) is 0 Å². The lowest BCUT2D eigenvalue weighted by molar-refractivity contribution is 0.290. The molecule has 2 aromatic rings. The molecule has 0 aliphatic heterocycles. The summed E-state index contributed by atoms with van der Waals surface area (Å²) in [6, 6.07) is 0. The van der Waals surface area contributed by atoms with Crippen molar-refractivity contribution in [3.05, 3.63) is 17.3 Å². The number of rotatable bonds is 6. The van der Waals surface area contributed by atoms with E-state index < -0.39 is 0 Å². The average molecular weight is 254 g/mol. The van der Waals surface area contributed by atoms with Crippen LogP contribution in [-0.2, 0) is 6.54 Å². The van der Waals surface area contributed by atoms with Crippen molar-refractivity contribution in [1.29, 1.82) is 0 Å². The van der Waals surface area contributed by atoms with E-state index in [1.54, 1.807) is 11.3 Å². The predicted octanol–water partition coefficient (Wildman–Crippen LogP) is 0.934. The highest BCUT2D eigenvalue weighted by Crippen LogP contribution is 2.23. The monoisotopic (exact) mass is 254 g/mol. The van der Waals surface area contributed by atoms with Crippen molar-refractivity contribution in [3.8, 4) is 0 Å². The first kappa shape index (κ1) is 12.3. The van der Waals surface area contributed by atoms with Crippen molar-refractivity contribution >= 4 is 22.1 Å². The molecule has 6 heteroatoms. The molecule has 2 heterocycles. The SMILES string of the molecule is CNCc1c(N(C)CCCO)nc2sccn12. The Hall–Kier alpha value is -1.11. The Morgan fingerprint density at radius 3 is 3.12 bits per heavy atom. The van der Waals surface area contributed by atoms with Gasteiger partial charge in [0.1, 0.15) is 0 Å². The lowest BCUT2D eigenvalue weighted by atomic mass is 10.3. The Bertz CT molecular complexity index is 479. The maximum absolute atomic E-state index is 8.87. The summed E-state index contributed by atoms with van der Waals surface area (Å²) in [6.07, 6.45) is 2.81. The van der Waals surface area contributed by atoms with Gasteiger partial charge >= 0.3 is 0 Å². The van der Waals surface area contributed by atoms with Gasteiger partial charge in [-0.2, -0.15) is 0 Å². The molecule has 0 atom stereocenters. The molecule has 0 fully saturated rings. The van der Waals surface area contributed by atoms with Gasteiger partial charge < -0.3 is 15.3 Å². The lowest BCUT2D eigenvalue weighted by Crippen LogP contribution is -2.22. The molecule has 0 aliphatic rings. The Balaban J connectivity index is 2.30. The third kappa shape index (κ3) is 2.43. The molecule has 0 bridgehead atoms. The number of imidazole rings is 1. The van der Waals surface area contributed by atoms with Crippen molar-refractivity contribution in [1.82, 2.24) is 14.7 Å². The zero-order valence-corrected chi connectivity index (χ0v) is 11.0. The van der Waals surface area contributed by atoms with Gasteiger partial charge in [-0.15, -0.1) is 11.3 Å². The van der Waals surface area contributed by atoms with Crippen LogP contribution >= 0.6 is 11.3 Å². The van der Waals surface area contributed by atoms with E-state index in [-0.39, 0.29) is 6.61 Å². The largest absolute Gasteiger partial charge is 0.396 e. The van der Waals surface area contributed by atoms with Crippen molar-refractivity contribution in [2.75, 3.05) is 32.1 Å². The molecule has 0 aliphatic carbocycles. The summed E-state index contributed by atoms with van der Waals surface area (Å²) in [5, 5.41) is 14.1. The highest BCUT2D eigenvalue weighted by Gasteiger charge is 2.15. The van der Waals surface area contributed by atoms with Crippen molar-refractivity contribution < 1.29 is 5.11 Å². The van der Waals surface area contributed by atoms with E-state index in [1.807, 2.05) is 25.7 Å². The van der Waals surface area contributed by atoms with E-state index in [4.69, 9.17) is 5.11 Å². The zero-order chi connectivity index (χ0) is 12.3. The second kappa shape index (κ2) is 5.48. The first-order chi connectivity index (χ1) is 8.27. The summed E-state index contributed by atoms with van der Waals surface area (Å²) in [5.74, 6) is 1.000. The van der Waals surface area contributed by atoms with E-state index in [9.17, 15) is 0 Å². The number of hydrogen-bond donors (Lipinski definition) is 2. The standard InChI is InChI=1S/C11H18N4OS/c1-12-8-9-10(14(2)4-3-6-16)13-11-15(9)5-7-17-11/h5,7,12,16H,3-4,6,8H2,1-2H3. The number of nitrogens with one attached hydrogen (secondary N) is 1. The number of aromatic nitrogens is 2. The summed E-state index contributed by atoms with van der Waals surface area (Å²) in [7, 11) is 3.95. The normalized spacial score (nSPS) is 11.2. The molecule has 0 saturated heterocycles. The number of aliphatic hydroxyl groups is 1. The van der Waals surface area contributed by atoms with E-state index in [0.29, 0.717) is 0 Å². The molecule has 0 saturated carbocycles. The molecule has 2 N–H and O–H groups in total. The van der Waals surface area contributed by atoms with Gasteiger partial charge in [0, 0.05) is 38.3 Å². The van der Waals surface area contributed by atoms with Crippen LogP contribution in [0.5, 0.6) is 0 Å². The molecule has 5 nitrogen and oxygen atoms in total. The molecule has 0 radical (unpaired) electrons. The third-order valence-corrected chi connectivity index (χ3v) is 3.45. The molecule has 0 amide bonds. The number of aliphatic hydroxyl groups excluding tert-OH is 1. The summed E-state index contributed by atoms with van der Waals surface area (Å²) < 4.78 is 2.12. The molecule has 0 spiro atoms. The van der Waals surface area contributed by atoms with Gasteiger partial charge in [-0.1, -0.05) is 0 Å². The number of nitrogens with zero attached hydrogens (tertiary/aromatic N) is 3. The fraction of sp³-hybridized carbons (Fsp3) is 0.545. The van der Waals surface area contributed by atoms with Crippen LogP contribution in [0.25, 0.3) is 4.96 Å². The summed E-state index contributed by atoms with van der Waals surface area (Å²) in [6.45, 7) is 1.82. The minimum Gasteiger partial charge on any atom is -0.396 e. The van der Waals surface area contributed by atoms with Gasteiger partial charge in [-0.05, 0) is 13.5 Å².